The third kappa shape index (κ3) is 5.69. The first-order valence-electron chi connectivity index (χ1n) is 9.00. The molecular weight excluding hydrogens is 475 g/mol. The van der Waals surface area contributed by atoms with Gasteiger partial charge in [0, 0.05) is 17.8 Å². The van der Waals surface area contributed by atoms with Crippen LogP contribution in [0.3, 0.4) is 0 Å². The van der Waals surface area contributed by atoms with Gasteiger partial charge in [0.2, 0.25) is 5.60 Å². The Balaban J connectivity index is 2.19. The van der Waals surface area contributed by atoms with E-state index in [1.54, 1.807) is 6.92 Å². The first kappa shape index (κ1) is 25.4. The van der Waals surface area contributed by atoms with Gasteiger partial charge in [-0.2, -0.15) is 13.2 Å². The molecule has 4 N–H and O–H groups in total. The number of nitrogens with one attached hydrogen (secondary N) is 3. The summed E-state index contributed by atoms with van der Waals surface area (Å²) in [5, 5.41) is 13.4. The second kappa shape index (κ2) is 9.35. The van der Waals surface area contributed by atoms with Gasteiger partial charge < -0.3 is 15.7 Å². The molecule has 8 nitrogen and oxygen atoms in total. The third-order valence-electron chi connectivity index (χ3n) is 4.23. The van der Waals surface area contributed by atoms with Gasteiger partial charge >= 0.3 is 6.18 Å². The van der Waals surface area contributed by atoms with Crippen molar-refractivity contribution in [1.82, 2.24) is 5.32 Å². The first-order chi connectivity index (χ1) is 14.7. The van der Waals surface area contributed by atoms with E-state index in [4.69, 9.17) is 11.6 Å². The summed E-state index contributed by atoms with van der Waals surface area (Å²) in [7, 11) is -4.15. The van der Waals surface area contributed by atoms with E-state index >= 15 is 0 Å². The molecule has 0 heterocycles. The van der Waals surface area contributed by atoms with Gasteiger partial charge in [0.15, 0.2) is 0 Å². The molecule has 0 radical (unpaired) electrons. The molecule has 0 spiro atoms. The first-order valence-corrected chi connectivity index (χ1v) is 10.9. The van der Waals surface area contributed by atoms with Crippen LogP contribution in [-0.4, -0.2) is 43.7 Å². The third-order valence-corrected chi connectivity index (χ3v) is 5.92. The van der Waals surface area contributed by atoms with Crippen molar-refractivity contribution in [3.63, 3.8) is 0 Å². The van der Waals surface area contributed by atoms with E-state index in [0.717, 1.165) is 18.2 Å². The number of sulfonamides is 1. The molecule has 0 aromatic heterocycles. The summed E-state index contributed by atoms with van der Waals surface area (Å²) < 4.78 is 65.7. The second-order valence-corrected chi connectivity index (χ2v) is 8.80. The van der Waals surface area contributed by atoms with Crippen LogP contribution in [0.5, 0.6) is 0 Å². The molecule has 2 rings (SSSR count). The van der Waals surface area contributed by atoms with Crippen LogP contribution in [0.4, 0.5) is 24.5 Å². The minimum absolute atomic E-state index is 0.146. The highest BCUT2D eigenvalue weighted by molar-refractivity contribution is 7.92. The van der Waals surface area contributed by atoms with E-state index in [2.05, 4.69) is 10.0 Å². The van der Waals surface area contributed by atoms with Gasteiger partial charge in [-0.3, -0.25) is 14.3 Å². The quantitative estimate of drug-likeness (QED) is 0.471. The van der Waals surface area contributed by atoms with Gasteiger partial charge in [0.05, 0.1) is 15.6 Å². The lowest BCUT2D eigenvalue weighted by Gasteiger charge is -2.25. The summed E-state index contributed by atoms with van der Waals surface area (Å²) >= 11 is 5.92. The average Bonchev–Trinajstić information content (AvgIpc) is 2.68. The van der Waals surface area contributed by atoms with Crippen LogP contribution in [0.2, 0.25) is 5.02 Å². The number of alkyl halides is 3. The van der Waals surface area contributed by atoms with Crippen LogP contribution in [0.1, 0.15) is 24.2 Å². The number of benzene rings is 2. The monoisotopic (exact) mass is 493 g/mol. The van der Waals surface area contributed by atoms with Crippen molar-refractivity contribution in [3.05, 3.63) is 53.1 Å². The molecule has 0 saturated heterocycles. The van der Waals surface area contributed by atoms with Gasteiger partial charge in [0.25, 0.3) is 21.8 Å². The van der Waals surface area contributed by atoms with Gasteiger partial charge in [-0.25, -0.2) is 8.42 Å². The predicted molar refractivity (Wildman–Crippen MR) is 112 cm³/mol. The highest BCUT2D eigenvalue weighted by Gasteiger charge is 2.55. The van der Waals surface area contributed by atoms with E-state index in [0.29, 0.717) is 12.1 Å². The Morgan fingerprint density at radius 2 is 1.69 bits per heavy atom. The summed E-state index contributed by atoms with van der Waals surface area (Å²) in [4.78, 5) is 23.2. The molecule has 2 amide bonds. The minimum Gasteiger partial charge on any atom is -0.373 e. The van der Waals surface area contributed by atoms with Crippen molar-refractivity contribution in [1.29, 1.82) is 0 Å². The Morgan fingerprint density at radius 1 is 1.09 bits per heavy atom. The number of hydrogen-bond donors (Lipinski definition) is 4. The zero-order valence-electron chi connectivity index (χ0n) is 16.7. The van der Waals surface area contributed by atoms with Crippen molar-refractivity contribution >= 4 is 44.8 Å². The van der Waals surface area contributed by atoms with E-state index in [-0.39, 0.29) is 34.1 Å². The largest absolute Gasteiger partial charge is 0.426 e. The Hall–Kier alpha value is -2.83. The lowest BCUT2D eigenvalue weighted by Crippen LogP contribution is -2.52. The van der Waals surface area contributed by atoms with Crippen LogP contribution in [0.15, 0.2) is 47.4 Å². The maximum absolute atomic E-state index is 12.8. The van der Waals surface area contributed by atoms with Crippen LogP contribution >= 0.6 is 11.6 Å². The molecule has 2 aromatic rings. The van der Waals surface area contributed by atoms with E-state index in [1.165, 1.54) is 24.3 Å². The standard InChI is InChI=1S/C19H19ClF3N3O5S/c1-3-24-16(27)11-4-6-12(7-5-11)26-32(30,31)13-8-9-15(14(20)10-13)25-17(28)18(2,29)19(21,22)23/h4-10,26,29H,3H2,1-2H3,(H,24,27)(H,25,28). The summed E-state index contributed by atoms with van der Waals surface area (Å²) in [6, 6.07) is 8.50. The fourth-order valence-corrected chi connectivity index (χ4v) is 3.68. The van der Waals surface area contributed by atoms with Crippen LogP contribution in [0, 0.1) is 0 Å². The summed E-state index contributed by atoms with van der Waals surface area (Å²) in [5.74, 6) is -2.11. The highest BCUT2D eigenvalue weighted by Crippen LogP contribution is 2.33. The Morgan fingerprint density at radius 3 is 2.19 bits per heavy atom. The highest BCUT2D eigenvalue weighted by atomic mass is 35.5. The molecule has 1 atom stereocenters. The van der Waals surface area contributed by atoms with Crippen molar-refractivity contribution < 1.29 is 36.3 Å². The molecule has 0 fully saturated rings. The fraction of sp³-hybridized carbons (Fsp3) is 0.263. The molecule has 0 aliphatic rings. The molecule has 0 bridgehead atoms. The lowest BCUT2D eigenvalue weighted by atomic mass is 10.1. The van der Waals surface area contributed by atoms with Crippen LogP contribution < -0.4 is 15.4 Å². The van der Waals surface area contributed by atoms with Crippen molar-refractivity contribution in [3.8, 4) is 0 Å². The molecule has 32 heavy (non-hydrogen) atoms. The van der Waals surface area contributed by atoms with E-state index in [9.17, 15) is 36.3 Å². The molecule has 0 aliphatic heterocycles. The number of hydrogen-bond acceptors (Lipinski definition) is 5. The van der Waals surface area contributed by atoms with Gasteiger partial charge in [0.1, 0.15) is 0 Å². The maximum Gasteiger partial charge on any atom is 0.426 e. The smallest absolute Gasteiger partial charge is 0.373 e. The normalized spacial score (nSPS) is 13.7. The van der Waals surface area contributed by atoms with Crippen molar-refractivity contribution in [2.24, 2.45) is 0 Å². The average molecular weight is 494 g/mol. The summed E-state index contributed by atoms with van der Waals surface area (Å²) in [6.07, 6.45) is -5.23. The van der Waals surface area contributed by atoms with Crippen molar-refractivity contribution in [2.75, 3.05) is 16.6 Å². The minimum atomic E-state index is -5.23. The Kier molecular flexibility index (Phi) is 7.43. The van der Waals surface area contributed by atoms with E-state index < -0.39 is 27.7 Å². The van der Waals surface area contributed by atoms with Crippen LogP contribution in [-0.2, 0) is 14.8 Å². The maximum atomic E-state index is 12.8. The zero-order chi connectivity index (χ0) is 24.3. The molecule has 13 heteroatoms. The number of carbonyl (C=O) groups is 2. The molecule has 0 saturated carbocycles. The molecule has 0 aliphatic carbocycles. The second-order valence-electron chi connectivity index (χ2n) is 6.71. The topological polar surface area (TPSA) is 125 Å². The van der Waals surface area contributed by atoms with Crippen LogP contribution in [0.25, 0.3) is 0 Å². The number of aliphatic hydroxyl groups is 1. The number of carbonyl (C=O) groups excluding carboxylic acids is 2. The fourth-order valence-electron chi connectivity index (χ4n) is 2.30. The zero-order valence-corrected chi connectivity index (χ0v) is 18.3. The SMILES string of the molecule is CCNC(=O)c1ccc(NS(=O)(=O)c2ccc(NC(=O)C(C)(O)C(F)(F)F)c(Cl)c2)cc1. The lowest BCUT2D eigenvalue weighted by molar-refractivity contribution is -0.242. The Labute approximate surface area is 186 Å². The summed E-state index contributed by atoms with van der Waals surface area (Å²) in [5.41, 5.74) is -3.53. The predicted octanol–water partition coefficient (Wildman–Crippen LogP) is 3.14. The van der Waals surface area contributed by atoms with Gasteiger partial charge in [-0.1, -0.05) is 11.6 Å². The number of amides is 2. The number of rotatable bonds is 7. The van der Waals surface area contributed by atoms with Crippen molar-refractivity contribution in [2.45, 2.75) is 30.5 Å². The number of halogens is 4. The molecule has 2 aromatic carbocycles. The van der Waals surface area contributed by atoms with Gasteiger partial charge in [-0.05, 0) is 56.3 Å². The molecule has 174 valence electrons. The number of anilines is 2. The summed E-state index contributed by atoms with van der Waals surface area (Å²) in [6.45, 7) is 2.45. The molecule has 1 unspecified atom stereocenters. The van der Waals surface area contributed by atoms with E-state index in [1.807, 2.05) is 5.32 Å². The molecular formula is C19H19ClF3N3O5S. The van der Waals surface area contributed by atoms with Gasteiger partial charge in [-0.15, -0.1) is 0 Å². The Bertz CT molecular complexity index is 1120.